The lowest BCUT2D eigenvalue weighted by molar-refractivity contribution is -0.150. The SMILES string of the molecule is CC(=O)N1CCC[C@@](O)(C(=O)NCc2ccc3c(n2)CCCC3)C1. The predicted octanol–water partition coefficient (Wildman–Crippen LogP) is 0.950. The van der Waals surface area contributed by atoms with Crippen molar-refractivity contribution in [1.82, 2.24) is 15.2 Å². The van der Waals surface area contributed by atoms with Crippen molar-refractivity contribution in [3.8, 4) is 0 Å². The van der Waals surface area contributed by atoms with E-state index in [1.54, 1.807) is 0 Å². The highest BCUT2D eigenvalue weighted by Gasteiger charge is 2.40. The van der Waals surface area contributed by atoms with E-state index in [-0.39, 0.29) is 12.5 Å². The first-order chi connectivity index (χ1) is 11.5. The monoisotopic (exact) mass is 331 g/mol. The number of aromatic nitrogens is 1. The van der Waals surface area contributed by atoms with Crippen molar-refractivity contribution in [2.45, 2.75) is 57.6 Å². The second-order valence-corrected chi connectivity index (χ2v) is 6.87. The topological polar surface area (TPSA) is 82.5 Å². The minimum absolute atomic E-state index is 0.0613. The zero-order valence-corrected chi connectivity index (χ0v) is 14.2. The molecule has 2 amide bonds. The summed E-state index contributed by atoms with van der Waals surface area (Å²) in [5, 5.41) is 13.4. The van der Waals surface area contributed by atoms with Crippen molar-refractivity contribution in [3.05, 3.63) is 29.1 Å². The Morgan fingerprint density at radius 1 is 1.29 bits per heavy atom. The largest absolute Gasteiger partial charge is 0.378 e. The number of pyridine rings is 1. The van der Waals surface area contributed by atoms with Crippen LogP contribution in [0.3, 0.4) is 0 Å². The Labute approximate surface area is 142 Å². The van der Waals surface area contributed by atoms with Gasteiger partial charge in [-0.3, -0.25) is 14.6 Å². The van der Waals surface area contributed by atoms with E-state index in [9.17, 15) is 14.7 Å². The standard InChI is InChI=1S/C18H25N3O3/c1-13(22)21-10-4-9-18(24,12-21)17(23)19-11-15-8-7-14-5-2-3-6-16(14)20-15/h7-8,24H,2-6,9-12H2,1H3,(H,19,23)/t18-/m0/s1. The highest BCUT2D eigenvalue weighted by atomic mass is 16.3. The van der Waals surface area contributed by atoms with E-state index in [2.05, 4.69) is 16.4 Å². The van der Waals surface area contributed by atoms with Crippen molar-refractivity contribution in [1.29, 1.82) is 0 Å². The number of fused-ring (bicyclic) bond motifs is 1. The Hall–Kier alpha value is -1.95. The first kappa shape index (κ1) is 16.9. The van der Waals surface area contributed by atoms with Crippen LogP contribution < -0.4 is 5.32 Å². The summed E-state index contributed by atoms with van der Waals surface area (Å²) in [6.45, 7) is 2.41. The molecule has 1 atom stereocenters. The summed E-state index contributed by atoms with van der Waals surface area (Å²) in [4.78, 5) is 30.1. The van der Waals surface area contributed by atoms with Crippen LogP contribution in [-0.4, -0.2) is 45.5 Å². The zero-order valence-electron chi connectivity index (χ0n) is 14.2. The predicted molar refractivity (Wildman–Crippen MR) is 89.2 cm³/mol. The molecule has 6 heteroatoms. The number of carbonyl (C=O) groups is 2. The number of β-amino-alcohol motifs (C(OH)–C–C–N with tert-alkyl or cyclic N) is 1. The smallest absolute Gasteiger partial charge is 0.254 e. The minimum atomic E-state index is -1.50. The fourth-order valence-corrected chi connectivity index (χ4v) is 3.55. The number of hydrogen-bond donors (Lipinski definition) is 2. The van der Waals surface area contributed by atoms with E-state index in [1.165, 1.54) is 23.8 Å². The third-order valence-corrected chi connectivity index (χ3v) is 5.00. The van der Waals surface area contributed by atoms with Gasteiger partial charge in [0.05, 0.1) is 18.8 Å². The quantitative estimate of drug-likeness (QED) is 0.864. The molecule has 1 fully saturated rings. The fraction of sp³-hybridized carbons (Fsp3) is 0.611. The molecule has 1 aliphatic carbocycles. The zero-order chi connectivity index (χ0) is 17.2. The van der Waals surface area contributed by atoms with Crippen molar-refractivity contribution < 1.29 is 14.7 Å². The number of likely N-dealkylation sites (tertiary alicyclic amines) is 1. The van der Waals surface area contributed by atoms with Gasteiger partial charge >= 0.3 is 0 Å². The fourth-order valence-electron chi connectivity index (χ4n) is 3.55. The van der Waals surface area contributed by atoms with Gasteiger partial charge in [0, 0.05) is 19.2 Å². The van der Waals surface area contributed by atoms with Gasteiger partial charge in [0.25, 0.3) is 5.91 Å². The van der Waals surface area contributed by atoms with Crippen molar-refractivity contribution >= 4 is 11.8 Å². The van der Waals surface area contributed by atoms with Gasteiger partial charge in [-0.15, -0.1) is 0 Å². The van der Waals surface area contributed by atoms with Crippen LogP contribution in [0.2, 0.25) is 0 Å². The Morgan fingerprint density at radius 2 is 2.08 bits per heavy atom. The van der Waals surface area contributed by atoms with Crippen LogP contribution in [0.4, 0.5) is 0 Å². The van der Waals surface area contributed by atoms with Crippen molar-refractivity contribution in [2.24, 2.45) is 0 Å². The number of piperidine rings is 1. The molecule has 2 heterocycles. The van der Waals surface area contributed by atoms with E-state index >= 15 is 0 Å². The summed E-state index contributed by atoms with van der Waals surface area (Å²) >= 11 is 0. The van der Waals surface area contributed by atoms with Crippen LogP contribution in [0.5, 0.6) is 0 Å². The second-order valence-electron chi connectivity index (χ2n) is 6.87. The van der Waals surface area contributed by atoms with E-state index in [0.717, 1.165) is 30.7 Å². The molecule has 1 aromatic rings. The molecular formula is C18H25N3O3. The molecule has 0 spiro atoms. The van der Waals surface area contributed by atoms with E-state index in [4.69, 9.17) is 0 Å². The Balaban J connectivity index is 1.61. The van der Waals surface area contributed by atoms with Gasteiger partial charge in [-0.1, -0.05) is 6.07 Å². The van der Waals surface area contributed by atoms with Crippen molar-refractivity contribution in [2.75, 3.05) is 13.1 Å². The van der Waals surface area contributed by atoms with Gasteiger partial charge in [0.15, 0.2) is 5.60 Å². The highest BCUT2D eigenvalue weighted by Crippen LogP contribution is 2.22. The van der Waals surface area contributed by atoms with Gasteiger partial charge in [-0.25, -0.2) is 0 Å². The van der Waals surface area contributed by atoms with Crippen LogP contribution in [0.25, 0.3) is 0 Å². The summed E-state index contributed by atoms with van der Waals surface area (Å²) < 4.78 is 0. The number of rotatable bonds is 3. The molecule has 2 aliphatic rings. The Morgan fingerprint density at radius 3 is 2.88 bits per heavy atom. The molecule has 130 valence electrons. The molecule has 24 heavy (non-hydrogen) atoms. The van der Waals surface area contributed by atoms with E-state index in [0.29, 0.717) is 25.9 Å². The summed E-state index contributed by atoms with van der Waals surface area (Å²) in [5.74, 6) is -0.537. The van der Waals surface area contributed by atoms with Crippen molar-refractivity contribution in [3.63, 3.8) is 0 Å². The molecule has 0 radical (unpaired) electrons. The molecule has 1 aromatic heterocycles. The van der Waals surface area contributed by atoms with Gasteiger partial charge in [0.1, 0.15) is 0 Å². The summed E-state index contributed by atoms with van der Waals surface area (Å²) in [6.07, 6.45) is 5.45. The van der Waals surface area contributed by atoms with Crippen LogP contribution in [0, 0.1) is 0 Å². The van der Waals surface area contributed by atoms with Gasteiger partial charge in [-0.05, 0) is 50.2 Å². The first-order valence-corrected chi connectivity index (χ1v) is 8.72. The molecule has 6 nitrogen and oxygen atoms in total. The molecular weight excluding hydrogens is 306 g/mol. The summed E-state index contributed by atoms with van der Waals surface area (Å²) in [5.41, 5.74) is 1.75. The maximum Gasteiger partial charge on any atom is 0.254 e. The highest BCUT2D eigenvalue weighted by molar-refractivity contribution is 5.86. The second kappa shape index (κ2) is 6.89. The first-order valence-electron chi connectivity index (χ1n) is 8.72. The van der Waals surface area contributed by atoms with Crippen LogP contribution in [-0.2, 0) is 29.0 Å². The van der Waals surface area contributed by atoms with E-state index < -0.39 is 11.5 Å². The number of aryl methyl sites for hydroxylation is 2. The summed E-state index contributed by atoms with van der Waals surface area (Å²) in [6, 6.07) is 4.03. The van der Waals surface area contributed by atoms with Crippen LogP contribution >= 0.6 is 0 Å². The minimum Gasteiger partial charge on any atom is -0.378 e. The maximum atomic E-state index is 12.4. The average molecular weight is 331 g/mol. The number of hydrogen-bond acceptors (Lipinski definition) is 4. The number of nitrogens with zero attached hydrogens (tertiary/aromatic N) is 2. The normalized spacial score (nSPS) is 23.5. The summed E-state index contributed by atoms with van der Waals surface area (Å²) in [7, 11) is 0. The van der Waals surface area contributed by atoms with E-state index in [1.807, 2.05) is 6.07 Å². The van der Waals surface area contributed by atoms with Crippen LogP contribution in [0.15, 0.2) is 12.1 Å². The molecule has 1 aliphatic heterocycles. The van der Waals surface area contributed by atoms with Gasteiger partial charge < -0.3 is 15.3 Å². The Bertz CT molecular complexity index is 646. The maximum absolute atomic E-state index is 12.4. The molecule has 3 rings (SSSR count). The van der Waals surface area contributed by atoms with Gasteiger partial charge in [-0.2, -0.15) is 0 Å². The lowest BCUT2D eigenvalue weighted by atomic mass is 9.91. The lowest BCUT2D eigenvalue weighted by Gasteiger charge is -2.37. The Kier molecular flexibility index (Phi) is 4.85. The molecule has 1 saturated heterocycles. The third-order valence-electron chi connectivity index (χ3n) is 5.00. The average Bonchev–Trinajstić information content (AvgIpc) is 2.59. The number of amides is 2. The number of carbonyl (C=O) groups excluding carboxylic acids is 2. The third kappa shape index (κ3) is 3.59. The lowest BCUT2D eigenvalue weighted by Crippen LogP contribution is -2.57. The molecule has 0 bridgehead atoms. The molecule has 2 N–H and O–H groups in total. The van der Waals surface area contributed by atoms with Gasteiger partial charge in [0.2, 0.25) is 5.91 Å². The number of aliphatic hydroxyl groups is 1. The molecule has 0 unspecified atom stereocenters. The number of nitrogens with one attached hydrogen (secondary N) is 1. The molecule has 0 aromatic carbocycles. The van der Waals surface area contributed by atoms with Crippen LogP contribution in [0.1, 0.15) is 49.6 Å². The molecule has 0 saturated carbocycles.